The summed E-state index contributed by atoms with van der Waals surface area (Å²) in [6, 6.07) is 5.67. The van der Waals surface area contributed by atoms with Crippen molar-refractivity contribution in [2.24, 2.45) is 0 Å². The number of anilines is 2. The van der Waals surface area contributed by atoms with E-state index in [4.69, 9.17) is 24.9 Å². The maximum absolute atomic E-state index is 6.13. The number of morpholine rings is 1. The highest BCUT2D eigenvalue weighted by atomic mass is 32.1. The monoisotopic (exact) mass is 399 g/mol. The van der Waals surface area contributed by atoms with Crippen molar-refractivity contribution in [2.45, 2.75) is 0 Å². The van der Waals surface area contributed by atoms with Crippen LogP contribution in [0.3, 0.4) is 0 Å². The van der Waals surface area contributed by atoms with Crippen LogP contribution in [-0.2, 0) is 4.74 Å². The van der Waals surface area contributed by atoms with Gasteiger partial charge in [-0.2, -0.15) is 0 Å². The second kappa shape index (κ2) is 7.99. The quantitative estimate of drug-likeness (QED) is 0.700. The van der Waals surface area contributed by atoms with Gasteiger partial charge in [-0.05, 0) is 12.1 Å². The zero-order valence-corrected chi connectivity index (χ0v) is 16.5. The van der Waals surface area contributed by atoms with Crippen molar-refractivity contribution in [2.75, 3.05) is 51.2 Å². The minimum absolute atomic E-state index is 0.304. The number of ether oxygens (including phenoxy) is 3. The normalized spacial score (nSPS) is 14.1. The number of nitrogens with zero attached hydrogens (tertiary/aromatic N) is 4. The van der Waals surface area contributed by atoms with Gasteiger partial charge >= 0.3 is 0 Å². The zero-order valence-electron chi connectivity index (χ0n) is 15.7. The van der Waals surface area contributed by atoms with Crippen LogP contribution in [0.4, 0.5) is 11.5 Å². The van der Waals surface area contributed by atoms with Gasteiger partial charge in [-0.25, -0.2) is 15.0 Å². The summed E-state index contributed by atoms with van der Waals surface area (Å²) < 4.78 is 16.5. The van der Waals surface area contributed by atoms with Gasteiger partial charge < -0.3 is 24.8 Å². The Balaban J connectivity index is 1.89. The molecule has 1 aliphatic rings. The molecule has 0 spiro atoms. The fourth-order valence-electron chi connectivity index (χ4n) is 3.13. The molecule has 146 valence electrons. The van der Waals surface area contributed by atoms with Gasteiger partial charge in [0.2, 0.25) is 0 Å². The molecule has 2 N–H and O–H groups in total. The second-order valence-electron chi connectivity index (χ2n) is 6.13. The summed E-state index contributed by atoms with van der Waals surface area (Å²) in [6.45, 7) is 2.79. The lowest BCUT2D eigenvalue weighted by molar-refractivity contribution is 0.122. The van der Waals surface area contributed by atoms with E-state index in [1.165, 1.54) is 11.3 Å². The van der Waals surface area contributed by atoms with Crippen LogP contribution in [0.5, 0.6) is 11.5 Å². The summed E-state index contributed by atoms with van der Waals surface area (Å²) >= 11 is 1.53. The Hall–Kier alpha value is -2.91. The van der Waals surface area contributed by atoms with Crippen molar-refractivity contribution in [1.29, 1.82) is 0 Å². The maximum atomic E-state index is 6.13. The topological polar surface area (TPSA) is 95.6 Å². The van der Waals surface area contributed by atoms with Gasteiger partial charge in [0.25, 0.3) is 0 Å². The van der Waals surface area contributed by atoms with Gasteiger partial charge in [0.1, 0.15) is 22.1 Å². The van der Waals surface area contributed by atoms with Crippen LogP contribution in [0.15, 0.2) is 29.8 Å². The Bertz CT molecular complexity index is 958. The number of pyridine rings is 2. The smallest absolute Gasteiger partial charge is 0.166 e. The van der Waals surface area contributed by atoms with E-state index in [1.807, 2.05) is 23.6 Å². The SMILES string of the molecule is COc1cc(N2CCOCC2)c(-c2nc(-c3nccs3)ccc2OC)nc1N. The summed E-state index contributed by atoms with van der Waals surface area (Å²) in [7, 11) is 3.20. The summed E-state index contributed by atoms with van der Waals surface area (Å²) in [5.74, 6) is 1.45. The second-order valence-corrected chi connectivity index (χ2v) is 7.02. The maximum Gasteiger partial charge on any atom is 0.166 e. The van der Waals surface area contributed by atoms with E-state index in [0.717, 1.165) is 29.5 Å². The molecule has 28 heavy (non-hydrogen) atoms. The van der Waals surface area contributed by atoms with E-state index >= 15 is 0 Å². The molecule has 8 nitrogen and oxygen atoms in total. The van der Waals surface area contributed by atoms with Crippen LogP contribution in [0.1, 0.15) is 0 Å². The molecule has 0 atom stereocenters. The van der Waals surface area contributed by atoms with Crippen molar-refractivity contribution in [3.63, 3.8) is 0 Å². The number of hydrogen-bond acceptors (Lipinski definition) is 9. The van der Waals surface area contributed by atoms with Gasteiger partial charge in [-0.3, -0.25) is 0 Å². The Morgan fingerprint density at radius 3 is 2.54 bits per heavy atom. The molecule has 0 bridgehead atoms. The fourth-order valence-corrected chi connectivity index (χ4v) is 3.74. The molecule has 4 heterocycles. The van der Waals surface area contributed by atoms with Crippen LogP contribution >= 0.6 is 11.3 Å². The number of nitrogens with two attached hydrogens (primary N) is 1. The standard InChI is InChI=1S/C19H21N5O3S/c1-25-14-4-3-12(19-21-5-10-28-19)22-17(14)16-13(24-6-8-27-9-7-24)11-15(26-2)18(20)23-16/h3-5,10-11H,6-9H2,1-2H3,(H2,20,23). The van der Waals surface area contributed by atoms with Crippen LogP contribution in [-0.4, -0.2) is 55.5 Å². The molecular formula is C19H21N5O3S. The molecule has 0 radical (unpaired) electrons. The predicted molar refractivity (Wildman–Crippen MR) is 109 cm³/mol. The van der Waals surface area contributed by atoms with Gasteiger partial charge in [-0.1, -0.05) is 0 Å². The van der Waals surface area contributed by atoms with Gasteiger partial charge in [-0.15, -0.1) is 11.3 Å². The zero-order chi connectivity index (χ0) is 19.5. The summed E-state index contributed by atoms with van der Waals surface area (Å²) in [6.07, 6.45) is 1.76. The number of methoxy groups -OCH3 is 2. The van der Waals surface area contributed by atoms with E-state index in [2.05, 4.69) is 14.9 Å². The molecule has 0 unspecified atom stereocenters. The molecule has 0 amide bonds. The Morgan fingerprint density at radius 1 is 1.07 bits per heavy atom. The summed E-state index contributed by atoms with van der Waals surface area (Å²) in [4.78, 5) is 16.0. The average Bonchev–Trinajstić information content (AvgIpc) is 3.28. The van der Waals surface area contributed by atoms with Crippen molar-refractivity contribution in [3.8, 4) is 33.6 Å². The number of hydrogen-bond donors (Lipinski definition) is 1. The predicted octanol–water partition coefficient (Wildman–Crippen LogP) is 2.70. The lowest BCUT2D eigenvalue weighted by atomic mass is 10.1. The van der Waals surface area contributed by atoms with Crippen molar-refractivity contribution in [1.82, 2.24) is 15.0 Å². The van der Waals surface area contributed by atoms with E-state index in [1.54, 1.807) is 20.4 Å². The molecule has 1 aliphatic heterocycles. The number of aromatic nitrogens is 3. The van der Waals surface area contributed by atoms with Gasteiger partial charge in [0.05, 0.1) is 38.8 Å². The van der Waals surface area contributed by atoms with Crippen molar-refractivity contribution >= 4 is 22.8 Å². The molecule has 4 rings (SSSR count). The highest BCUT2D eigenvalue weighted by Gasteiger charge is 2.23. The van der Waals surface area contributed by atoms with Crippen LogP contribution in [0.25, 0.3) is 22.1 Å². The first kappa shape index (κ1) is 18.5. The first-order valence-corrected chi connectivity index (χ1v) is 9.71. The Morgan fingerprint density at radius 2 is 1.86 bits per heavy atom. The lowest BCUT2D eigenvalue weighted by Crippen LogP contribution is -2.36. The van der Waals surface area contributed by atoms with Crippen LogP contribution in [0, 0.1) is 0 Å². The Labute approximate surface area is 166 Å². The van der Waals surface area contributed by atoms with E-state index in [-0.39, 0.29) is 0 Å². The third-order valence-corrected chi connectivity index (χ3v) is 5.32. The molecule has 3 aromatic heterocycles. The molecule has 1 saturated heterocycles. The van der Waals surface area contributed by atoms with E-state index in [0.29, 0.717) is 41.9 Å². The van der Waals surface area contributed by atoms with Gasteiger partial charge in [0, 0.05) is 30.7 Å². The minimum atomic E-state index is 0.304. The molecule has 0 aromatic carbocycles. The molecule has 0 aliphatic carbocycles. The van der Waals surface area contributed by atoms with Crippen molar-refractivity contribution in [3.05, 3.63) is 29.8 Å². The Kier molecular flexibility index (Phi) is 5.27. The van der Waals surface area contributed by atoms with E-state index in [9.17, 15) is 0 Å². The highest BCUT2D eigenvalue weighted by Crippen LogP contribution is 2.39. The first-order chi connectivity index (χ1) is 13.7. The fraction of sp³-hybridized carbons (Fsp3) is 0.316. The minimum Gasteiger partial charge on any atom is -0.494 e. The van der Waals surface area contributed by atoms with Crippen LogP contribution < -0.4 is 20.1 Å². The number of rotatable bonds is 5. The van der Waals surface area contributed by atoms with E-state index < -0.39 is 0 Å². The third kappa shape index (κ3) is 3.46. The lowest BCUT2D eigenvalue weighted by Gasteiger charge is -2.30. The third-order valence-electron chi connectivity index (χ3n) is 4.52. The molecule has 0 saturated carbocycles. The number of thiazole rings is 1. The van der Waals surface area contributed by atoms with Crippen LogP contribution in [0.2, 0.25) is 0 Å². The average molecular weight is 399 g/mol. The van der Waals surface area contributed by atoms with Gasteiger partial charge in [0.15, 0.2) is 11.6 Å². The highest BCUT2D eigenvalue weighted by molar-refractivity contribution is 7.13. The summed E-state index contributed by atoms with van der Waals surface area (Å²) in [5, 5.41) is 2.75. The molecule has 9 heteroatoms. The number of nitrogen functional groups attached to an aromatic ring is 1. The van der Waals surface area contributed by atoms with Crippen molar-refractivity contribution < 1.29 is 14.2 Å². The molecule has 1 fully saturated rings. The molecule has 3 aromatic rings. The summed E-state index contributed by atoms with van der Waals surface area (Å²) in [5.41, 5.74) is 9.04. The first-order valence-electron chi connectivity index (χ1n) is 8.83. The molecular weight excluding hydrogens is 378 g/mol. The largest absolute Gasteiger partial charge is 0.494 e.